The Morgan fingerprint density at radius 3 is 2.67 bits per heavy atom. The maximum Gasteiger partial charge on any atom is 0.124 e. The minimum Gasteiger partial charge on any atom is -0.271 e. The summed E-state index contributed by atoms with van der Waals surface area (Å²) in [5.74, 6) is 6.63. The standard InChI is InChI=1S/C17H18BrFN2/c18-16-9-13(19)7-6-12(16)8-17(21-20)15-10-14(15)11-4-2-1-3-5-11/h1-7,9,14-15,17,21H,8,10,20H2. The van der Waals surface area contributed by atoms with Crippen LogP contribution in [0.4, 0.5) is 4.39 Å². The summed E-state index contributed by atoms with van der Waals surface area (Å²) >= 11 is 3.43. The molecule has 0 bridgehead atoms. The van der Waals surface area contributed by atoms with Crippen molar-refractivity contribution in [1.82, 2.24) is 5.43 Å². The molecule has 4 heteroatoms. The van der Waals surface area contributed by atoms with E-state index in [0.717, 1.165) is 22.9 Å². The molecule has 0 aliphatic heterocycles. The maximum atomic E-state index is 13.2. The van der Waals surface area contributed by atoms with E-state index in [4.69, 9.17) is 5.84 Å². The van der Waals surface area contributed by atoms with Crippen LogP contribution < -0.4 is 11.3 Å². The van der Waals surface area contributed by atoms with Gasteiger partial charge in [0.15, 0.2) is 0 Å². The van der Waals surface area contributed by atoms with Crippen LogP contribution in [-0.4, -0.2) is 6.04 Å². The summed E-state index contributed by atoms with van der Waals surface area (Å²) in [5, 5.41) is 0. The first kappa shape index (κ1) is 14.7. The van der Waals surface area contributed by atoms with E-state index >= 15 is 0 Å². The Balaban J connectivity index is 1.70. The quantitative estimate of drug-likeness (QED) is 0.637. The number of hydrogen-bond acceptors (Lipinski definition) is 2. The van der Waals surface area contributed by atoms with Crippen LogP contribution in [0.2, 0.25) is 0 Å². The van der Waals surface area contributed by atoms with Crippen LogP contribution in [0.15, 0.2) is 53.0 Å². The molecular weight excluding hydrogens is 331 g/mol. The summed E-state index contributed by atoms with van der Waals surface area (Å²) in [6, 6.07) is 15.6. The van der Waals surface area contributed by atoms with Crippen LogP contribution in [-0.2, 0) is 6.42 Å². The van der Waals surface area contributed by atoms with Crippen molar-refractivity contribution in [2.24, 2.45) is 11.8 Å². The summed E-state index contributed by atoms with van der Waals surface area (Å²) in [4.78, 5) is 0. The fourth-order valence-electron chi connectivity index (χ4n) is 3.00. The molecule has 0 aromatic heterocycles. The number of rotatable bonds is 5. The zero-order valence-corrected chi connectivity index (χ0v) is 13.2. The molecule has 3 N–H and O–H groups in total. The molecule has 0 saturated heterocycles. The molecule has 0 amide bonds. The largest absolute Gasteiger partial charge is 0.271 e. The fraction of sp³-hybridized carbons (Fsp3) is 0.294. The molecule has 2 nitrogen and oxygen atoms in total. The Hall–Kier alpha value is -1.23. The van der Waals surface area contributed by atoms with Crippen molar-refractivity contribution in [3.8, 4) is 0 Å². The van der Waals surface area contributed by atoms with Crippen LogP contribution in [0.25, 0.3) is 0 Å². The summed E-state index contributed by atoms with van der Waals surface area (Å²) in [5.41, 5.74) is 5.40. The van der Waals surface area contributed by atoms with Gasteiger partial charge in [0.2, 0.25) is 0 Å². The fourth-order valence-corrected chi connectivity index (χ4v) is 3.51. The lowest BCUT2D eigenvalue weighted by molar-refractivity contribution is 0.463. The highest BCUT2D eigenvalue weighted by Crippen LogP contribution is 2.50. The van der Waals surface area contributed by atoms with Gasteiger partial charge in [0, 0.05) is 10.5 Å². The van der Waals surface area contributed by atoms with E-state index in [0.29, 0.717) is 11.8 Å². The smallest absolute Gasteiger partial charge is 0.124 e. The van der Waals surface area contributed by atoms with Gasteiger partial charge in [-0.05, 0) is 47.9 Å². The molecule has 2 aromatic carbocycles. The third-order valence-corrected chi connectivity index (χ3v) is 4.99. The Kier molecular flexibility index (Phi) is 4.38. The van der Waals surface area contributed by atoms with Crippen molar-refractivity contribution in [2.75, 3.05) is 0 Å². The van der Waals surface area contributed by atoms with Crippen molar-refractivity contribution in [2.45, 2.75) is 24.8 Å². The average Bonchev–Trinajstić information content (AvgIpc) is 3.28. The van der Waals surface area contributed by atoms with Crippen molar-refractivity contribution in [3.05, 3.63) is 69.9 Å². The zero-order valence-electron chi connectivity index (χ0n) is 11.6. The number of hydrogen-bond donors (Lipinski definition) is 2. The van der Waals surface area contributed by atoms with Gasteiger partial charge in [0.05, 0.1) is 0 Å². The first-order valence-corrected chi connectivity index (χ1v) is 7.93. The summed E-state index contributed by atoms with van der Waals surface area (Å²) in [6.45, 7) is 0. The molecular formula is C17H18BrFN2. The average molecular weight is 349 g/mol. The lowest BCUT2D eigenvalue weighted by Crippen LogP contribution is -2.39. The predicted molar refractivity (Wildman–Crippen MR) is 86.2 cm³/mol. The van der Waals surface area contributed by atoms with Crippen molar-refractivity contribution in [3.63, 3.8) is 0 Å². The molecule has 1 fully saturated rings. The second-order valence-corrected chi connectivity index (χ2v) is 6.48. The topological polar surface area (TPSA) is 38.0 Å². The predicted octanol–water partition coefficient (Wildman–Crippen LogP) is 3.77. The minimum absolute atomic E-state index is 0.206. The lowest BCUT2D eigenvalue weighted by atomic mass is 9.99. The van der Waals surface area contributed by atoms with Crippen LogP contribution in [0, 0.1) is 11.7 Å². The van der Waals surface area contributed by atoms with E-state index in [1.165, 1.54) is 17.7 Å². The minimum atomic E-state index is -0.225. The second kappa shape index (κ2) is 6.26. The zero-order chi connectivity index (χ0) is 14.8. The van der Waals surface area contributed by atoms with Crippen LogP contribution >= 0.6 is 15.9 Å². The number of nitrogens with one attached hydrogen (secondary N) is 1. The van der Waals surface area contributed by atoms with Gasteiger partial charge in [-0.25, -0.2) is 4.39 Å². The number of benzene rings is 2. The lowest BCUT2D eigenvalue weighted by Gasteiger charge is -2.17. The van der Waals surface area contributed by atoms with Gasteiger partial charge in [-0.15, -0.1) is 0 Å². The van der Waals surface area contributed by atoms with Gasteiger partial charge in [0.1, 0.15) is 5.82 Å². The summed E-state index contributed by atoms with van der Waals surface area (Å²) < 4.78 is 14.0. The van der Waals surface area contributed by atoms with Gasteiger partial charge < -0.3 is 0 Å². The SMILES string of the molecule is NNC(Cc1ccc(F)cc1Br)C1CC1c1ccccc1. The van der Waals surface area contributed by atoms with Gasteiger partial charge in [-0.1, -0.05) is 52.3 Å². The van der Waals surface area contributed by atoms with Gasteiger partial charge in [-0.3, -0.25) is 11.3 Å². The number of nitrogens with two attached hydrogens (primary N) is 1. The van der Waals surface area contributed by atoms with Crippen molar-refractivity contribution < 1.29 is 4.39 Å². The van der Waals surface area contributed by atoms with Crippen molar-refractivity contribution in [1.29, 1.82) is 0 Å². The summed E-state index contributed by atoms with van der Waals surface area (Å²) in [7, 11) is 0. The summed E-state index contributed by atoms with van der Waals surface area (Å²) in [6.07, 6.45) is 1.95. The molecule has 0 radical (unpaired) electrons. The maximum absolute atomic E-state index is 13.2. The molecule has 1 aliphatic rings. The van der Waals surface area contributed by atoms with Crippen LogP contribution in [0.5, 0.6) is 0 Å². The molecule has 3 atom stereocenters. The van der Waals surface area contributed by atoms with E-state index in [1.807, 2.05) is 12.1 Å². The molecule has 2 aromatic rings. The van der Waals surface area contributed by atoms with E-state index in [1.54, 1.807) is 0 Å². The Labute approximate surface area is 132 Å². The Bertz CT molecular complexity index is 617. The second-order valence-electron chi connectivity index (χ2n) is 5.63. The monoisotopic (exact) mass is 348 g/mol. The molecule has 1 aliphatic carbocycles. The Morgan fingerprint density at radius 1 is 1.24 bits per heavy atom. The third kappa shape index (κ3) is 3.34. The van der Waals surface area contributed by atoms with E-state index in [2.05, 4.69) is 45.6 Å². The van der Waals surface area contributed by atoms with Gasteiger partial charge in [-0.2, -0.15) is 0 Å². The van der Waals surface area contributed by atoms with Crippen LogP contribution in [0.1, 0.15) is 23.5 Å². The highest BCUT2D eigenvalue weighted by atomic mass is 79.9. The molecule has 1 saturated carbocycles. The molecule has 0 spiro atoms. The van der Waals surface area contributed by atoms with E-state index in [9.17, 15) is 4.39 Å². The first-order valence-electron chi connectivity index (χ1n) is 7.14. The number of halogens is 2. The first-order chi connectivity index (χ1) is 10.2. The molecule has 3 unspecified atom stereocenters. The van der Waals surface area contributed by atoms with Gasteiger partial charge in [0.25, 0.3) is 0 Å². The van der Waals surface area contributed by atoms with Gasteiger partial charge >= 0.3 is 0 Å². The highest BCUT2D eigenvalue weighted by Gasteiger charge is 2.43. The normalized spacial score (nSPS) is 22.0. The highest BCUT2D eigenvalue weighted by molar-refractivity contribution is 9.10. The molecule has 21 heavy (non-hydrogen) atoms. The van der Waals surface area contributed by atoms with E-state index in [-0.39, 0.29) is 11.9 Å². The van der Waals surface area contributed by atoms with Crippen molar-refractivity contribution >= 4 is 15.9 Å². The van der Waals surface area contributed by atoms with Crippen LogP contribution in [0.3, 0.4) is 0 Å². The third-order valence-electron chi connectivity index (χ3n) is 4.25. The molecule has 110 valence electrons. The Morgan fingerprint density at radius 2 is 2.00 bits per heavy atom. The van der Waals surface area contributed by atoms with E-state index < -0.39 is 0 Å². The number of hydrazine groups is 1. The molecule has 0 heterocycles. The molecule has 3 rings (SSSR count).